The summed E-state index contributed by atoms with van der Waals surface area (Å²) in [4.78, 5) is 20.6. The molecule has 0 saturated carbocycles. The molecule has 0 atom stereocenters. The van der Waals surface area contributed by atoms with Crippen LogP contribution in [0.4, 0.5) is 4.39 Å². The third kappa shape index (κ3) is 3.80. The van der Waals surface area contributed by atoms with Gasteiger partial charge in [0.25, 0.3) is 5.91 Å². The number of aromatic nitrogens is 3. The largest absolute Gasteiger partial charge is 0.467 e. The fourth-order valence-corrected chi connectivity index (χ4v) is 2.95. The molecule has 3 heterocycles. The Morgan fingerprint density at radius 3 is 3.07 bits per heavy atom. The Morgan fingerprint density at radius 1 is 1.30 bits per heavy atom. The van der Waals surface area contributed by atoms with Gasteiger partial charge in [0.2, 0.25) is 0 Å². The summed E-state index contributed by atoms with van der Waals surface area (Å²) in [5.74, 6) is 0.674. The molecule has 0 fully saturated rings. The van der Waals surface area contributed by atoms with Gasteiger partial charge in [-0.15, -0.1) is 0 Å². The quantitative estimate of drug-likeness (QED) is 0.747. The predicted octanol–water partition coefficient (Wildman–Crippen LogP) is 2.25. The van der Waals surface area contributed by atoms with Crippen LogP contribution in [0.2, 0.25) is 0 Å². The summed E-state index contributed by atoms with van der Waals surface area (Å²) in [5.41, 5.74) is 1.88. The van der Waals surface area contributed by atoms with E-state index in [-0.39, 0.29) is 18.5 Å². The van der Waals surface area contributed by atoms with Crippen LogP contribution in [0.25, 0.3) is 5.82 Å². The number of ether oxygens (including phenoxy) is 2. The summed E-state index contributed by atoms with van der Waals surface area (Å²) < 4.78 is 26.2. The van der Waals surface area contributed by atoms with Crippen LogP contribution in [0.15, 0.2) is 49.2 Å². The molecule has 1 aromatic carbocycles. The second-order valence-corrected chi connectivity index (χ2v) is 6.04. The number of amides is 1. The van der Waals surface area contributed by atoms with Gasteiger partial charge in [0.1, 0.15) is 23.7 Å². The Balaban J connectivity index is 1.42. The lowest BCUT2D eigenvalue weighted by Gasteiger charge is -2.21. The average molecular weight is 368 g/mol. The van der Waals surface area contributed by atoms with Gasteiger partial charge in [0, 0.05) is 36.3 Å². The third-order valence-electron chi connectivity index (χ3n) is 4.21. The minimum Gasteiger partial charge on any atom is -0.467 e. The van der Waals surface area contributed by atoms with Gasteiger partial charge in [-0.1, -0.05) is 0 Å². The van der Waals surface area contributed by atoms with E-state index in [2.05, 4.69) is 15.3 Å². The van der Waals surface area contributed by atoms with Gasteiger partial charge in [-0.05, 0) is 36.2 Å². The highest BCUT2D eigenvalue weighted by Crippen LogP contribution is 2.29. The lowest BCUT2D eigenvalue weighted by molar-refractivity contribution is -0.0172. The van der Waals surface area contributed by atoms with Crippen molar-refractivity contribution in [3.8, 4) is 11.6 Å². The van der Waals surface area contributed by atoms with Crippen LogP contribution >= 0.6 is 0 Å². The van der Waals surface area contributed by atoms with Crippen molar-refractivity contribution in [3.05, 3.63) is 71.7 Å². The Morgan fingerprint density at radius 2 is 2.22 bits per heavy atom. The van der Waals surface area contributed by atoms with Crippen LogP contribution < -0.4 is 10.1 Å². The van der Waals surface area contributed by atoms with Crippen molar-refractivity contribution in [2.45, 2.75) is 13.0 Å². The van der Waals surface area contributed by atoms with E-state index in [0.29, 0.717) is 47.8 Å². The van der Waals surface area contributed by atoms with Crippen molar-refractivity contribution < 1.29 is 18.7 Å². The van der Waals surface area contributed by atoms with Crippen LogP contribution in [0.3, 0.4) is 0 Å². The maximum absolute atomic E-state index is 13.8. The number of pyridine rings is 1. The monoisotopic (exact) mass is 368 g/mol. The van der Waals surface area contributed by atoms with E-state index in [1.807, 2.05) is 0 Å². The topological polar surface area (TPSA) is 78.3 Å². The molecule has 8 heteroatoms. The Labute approximate surface area is 154 Å². The zero-order valence-electron chi connectivity index (χ0n) is 14.4. The molecule has 0 saturated heterocycles. The lowest BCUT2D eigenvalue weighted by atomic mass is 10.1. The molecule has 27 heavy (non-hydrogen) atoms. The average Bonchev–Trinajstić information content (AvgIpc) is 3.23. The number of rotatable bonds is 5. The normalized spacial score (nSPS) is 12.9. The smallest absolute Gasteiger partial charge is 0.251 e. The minimum absolute atomic E-state index is 0.145. The van der Waals surface area contributed by atoms with Crippen molar-refractivity contribution in [3.63, 3.8) is 0 Å². The Bertz CT molecular complexity index is 960. The fourth-order valence-electron chi connectivity index (χ4n) is 2.95. The molecule has 2 aromatic heterocycles. The second-order valence-electron chi connectivity index (χ2n) is 6.04. The lowest BCUT2D eigenvalue weighted by Crippen LogP contribution is -2.26. The summed E-state index contributed by atoms with van der Waals surface area (Å²) >= 11 is 0. The third-order valence-corrected chi connectivity index (χ3v) is 4.21. The van der Waals surface area contributed by atoms with Gasteiger partial charge in [-0.3, -0.25) is 9.36 Å². The first-order valence-electron chi connectivity index (χ1n) is 8.45. The Hall–Kier alpha value is -3.26. The molecule has 0 radical (unpaired) electrons. The predicted molar refractivity (Wildman–Crippen MR) is 94.1 cm³/mol. The summed E-state index contributed by atoms with van der Waals surface area (Å²) in [6.45, 7) is 0.814. The SMILES string of the molecule is O=C(NCCc1cc(F)cc2c1OCOC2)c1ccnc(-n2ccnc2)c1. The summed E-state index contributed by atoms with van der Waals surface area (Å²) in [7, 11) is 0. The number of nitrogens with one attached hydrogen (secondary N) is 1. The standard InChI is InChI=1S/C19H17FN4O3/c20-16-7-13(18-15(8-16)10-26-12-27-18)1-4-23-19(25)14-2-3-22-17(9-14)24-6-5-21-11-24/h2-3,5-9,11H,1,4,10,12H2,(H,23,25). The number of fused-ring (bicyclic) bond motifs is 1. The highest BCUT2D eigenvalue weighted by atomic mass is 19.1. The number of halogens is 1. The number of imidazole rings is 1. The van der Waals surface area contributed by atoms with Crippen LogP contribution in [-0.2, 0) is 17.8 Å². The van der Waals surface area contributed by atoms with Gasteiger partial charge in [-0.25, -0.2) is 14.4 Å². The minimum atomic E-state index is -0.344. The molecule has 0 bridgehead atoms. The number of benzene rings is 1. The first-order chi connectivity index (χ1) is 13.2. The number of carbonyl (C=O) groups excluding carboxylic acids is 1. The molecular weight excluding hydrogens is 351 g/mol. The van der Waals surface area contributed by atoms with E-state index in [4.69, 9.17) is 9.47 Å². The molecule has 1 aliphatic rings. The molecule has 7 nitrogen and oxygen atoms in total. The fraction of sp³-hybridized carbons (Fsp3) is 0.211. The molecule has 138 valence electrons. The molecule has 0 unspecified atom stereocenters. The van der Waals surface area contributed by atoms with Crippen LogP contribution in [0.1, 0.15) is 21.5 Å². The van der Waals surface area contributed by atoms with Gasteiger partial charge < -0.3 is 14.8 Å². The van der Waals surface area contributed by atoms with E-state index in [0.717, 1.165) is 0 Å². The van der Waals surface area contributed by atoms with Crippen LogP contribution in [0, 0.1) is 5.82 Å². The molecule has 1 amide bonds. The zero-order valence-corrected chi connectivity index (χ0v) is 14.4. The van der Waals surface area contributed by atoms with Crippen LogP contribution in [0.5, 0.6) is 5.75 Å². The molecule has 1 N–H and O–H groups in total. The second kappa shape index (κ2) is 7.55. The number of hydrogen-bond donors (Lipinski definition) is 1. The summed E-state index contributed by atoms with van der Waals surface area (Å²) in [6.07, 6.45) is 7.02. The Kier molecular flexibility index (Phi) is 4.80. The maximum Gasteiger partial charge on any atom is 0.251 e. The van der Waals surface area contributed by atoms with Gasteiger partial charge in [-0.2, -0.15) is 0 Å². The molecule has 1 aliphatic heterocycles. The van der Waals surface area contributed by atoms with Crippen molar-refractivity contribution in [2.75, 3.05) is 13.3 Å². The van der Waals surface area contributed by atoms with Crippen molar-refractivity contribution in [2.24, 2.45) is 0 Å². The zero-order chi connectivity index (χ0) is 18.6. The number of carbonyl (C=O) groups is 1. The van der Waals surface area contributed by atoms with E-state index in [1.165, 1.54) is 12.1 Å². The van der Waals surface area contributed by atoms with E-state index in [1.54, 1.807) is 41.6 Å². The van der Waals surface area contributed by atoms with Crippen LogP contribution in [-0.4, -0.2) is 33.8 Å². The molecule has 0 spiro atoms. The molecule has 0 aliphatic carbocycles. The van der Waals surface area contributed by atoms with Crippen molar-refractivity contribution >= 4 is 5.91 Å². The number of nitrogens with zero attached hydrogens (tertiary/aromatic N) is 3. The van der Waals surface area contributed by atoms with E-state index in [9.17, 15) is 9.18 Å². The molecule has 4 rings (SSSR count). The molecule has 3 aromatic rings. The van der Waals surface area contributed by atoms with Gasteiger partial charge in [0.05, 0.1) is 6.61 Å². The van der Waals surface area contributed by atoms with Crippen molar-refractivity contribution in [1.82, 2.24) is 19.9 Å². The highest BCUT2D eigenvalue weighted by molar-refractivity contribution is 5.94. The maximum atomic E-state index is 13.8. The van der Waals surface area contributed by atoms with E-state index < -0.39 is 0 Å². The first-order valence-corrected chi connectivity index (χ1v) is 8.45. The van der Waals surface area contributed by atoms with Crippen molar-refractivity contribution in [1.29, 1.82) is 0 Å². The molecular formula is C19H17FN4O3. The summed E-state index contributed by atoms with van der Waals surface area (Å²) in [5, 5.41) is 2.85. The van der Waals surface area contributed by atoms with E-state index >= 15 is 0 Å². The van der Waals surface area contributed by atoms with Gasteiger partial charge >= 0.3 is 0 Å². The first kappa shape index (κ1) is 17.2. The van der Waals surface area contributed by atoms with Gasteiger partial charge in [0.15, 0.2) is 6.79 Å². The number of hydrogen-bond acceptors (Lipinski definition) is 5. The summed E-state index contributed by atoms with van der Waals surface area (Å²) in [6, 6.07) is 6.16. The highest BCUT2D eigenvalue weighted by Gasteiger charge is 2.17.